The standard InChI is InChI=1S/C12H23N3S/c1-10(2)8-15-6-5-13-12(15)14-7-11(3)9-16-4/h5-6,10-11H,7-9H2,1-4H3,(H,13,14). The van der Waals surface area contributed by atoms with Gasteiger partial charge in [0.2, 0.25) is 5.95 Å². The molecule has 0 radical (unpaired) electrons. The van der Waals surface area contributed by atoms with Gasteiger partial charge in [-0.3, -0.25) is 0 Å². The summed E-state index contributed by atoms with van der Waals surface area (Å²) in [5.41, 5.74) is 0. The van der Waals surface area contributed by atoms with Gasteiger partial charge in [-0.25, -0.2) is 4.98 Å². The molecule has 0 aliphatic carbocycles. The van der Waals surface area contributed by atoms with E-state index in [-0.39, 0.29) is 0 Å². The van der Waals surface area contributed by atoms with Gasteiger partial charge in [0, 0.05) is 25.5 Å². The molecule has 16 heavy (non-hydrogen) atoms. The van der Waals surface area contributed by atoms with Crippen LogP contribution in [0, 0.1) is 11.8 Å². The number of hydrogen-bond donors (Lipinski definition) is 1. The Hall–Kier alpha value is -0.640. The van der Waals surface area contributed by atoms with Crippen molar-refractivity contribution in [2.75, 3.05) is 23.9 Å². The Morgan fingerprint density at radius 2 is 2.19 bits per heavy atom. The van der Waals surface area contributed by atoms with Gasteiger partial charge >= 0.3 is 0 Å². The van der Waals surface area contributed by atoms with Gasteiger partial charge < -0.3 is 9.88 Å². The van der Waals surface area contributed by atoms with Gasteiger partial charge in [0.1, 0.15) is 0 Å². The predicted molar refractivity (Wildman–Crippen MR) is 73.1 cm³/mol. The first-order valence-electron chi connectivity index (χ1n) is 5.87. The molecule has 0 saturated heterocycles. The minimum absolute atomic E-state index is 0.651. The van der Waals surface area contributed by atoms with Gasteiger partial charge in [0.15, 0.2) is 0 Å². The summed E-state index contributed by atoms with van der Waals surface area (Å²) >= 11 is 1.89. The third-order valence-corrected chi connectivity index (χ3v) is 3.24. The van der Waals surface area contributed by atoms with Crippen molar-refractivity contribution in [3.63, 3.8) is 0 Å². The Labute approximate surface area is 103 Å². The molecule has 1 N–H and O–H groups in total. The van der Waals surface area contributed by atoms with Crippen LogP contribution in [-0.4, -0.2) is 28.1 Å². The quantitative estimate of drug-likeness (QED) is 0.796. The number of nitrogens with one attached hydrogen (secondary N) is 1. The molecule has 1 unspecified atom stereocenters. The Bertz CT molecular complexity index is 296. The van der Waals surface area contributed by atoms with E-state index >= 15 is 0 Å². The molecule has 0 spiro atoms. The van der Waals surface area contributed by atoms with E-state index in [1.165, 1.54) is 5.75 Å². The van der Waals surface area contributed by atoms with Crippen LogP contribution in [0.15, 0.2) is 12.4 Å². The molecular weight excluding hydrogens is 218 g/mol. The van der Waals surface area contributed by atoms with Crippen LogP contribution < -0.4 is 5.32 Å². The van der Waals surface area contributed by atoms with E-state index in [9.17, 15) is 0 Å². The summed E-state index contributed by atoms with van der Waals surface area (Å²) < 4.78 is 2.19. The van der Waals surface area contributed by atoms with E-state index in [0.29, 0.717) is 11.8 Å². The zero-order valence-corrected chi connectivity index (χ0v) is 11.5. The second-order valence-corrected chi connectivity index (χ2v) is 5.65. The van der Waals surface area contributed by atoms with Crippen LogP contribution in [0.3, 0.4) is 0 Å². The summed E-state index contributed by atoms with van der Waals surface area (Å²) in [6.07, 6.45) is 6.06. The first-order chi connectivity index (χ1) is 7.63. The first-order valence-corrected chi connectivity index (χ1v) is 7.26. The first kappa shape index (κ1) is 13.4. The van der Waals surface area contributed by atoms with Crippen molar-refractivity contribution in [3.05, 3.63) is 12.4 Å². The molecule has 1 heterocycles. The normalized spacial score (nSPS) is 13.1. The minimum Gasteiger partial charge on any atom is -0.355 e. The largest absolute Gasteiger partial charge is 0.355 e. The summed E-state index contributed by atoms with van der Waals surface area (Å²) in [4.78, 5) is 4.35. The minimum atomic E-state index is 0.651. The van der Waals surface area contributed by atoms with Crippen LogP contribution >= 0.6 is 11.8 Å². The second kappa shape index (κ2) is 6.84. The molecule has 0 aromatic carbocycles. The lowest BCUT2D eigenvalue weighted by Crippen LogP contribution is -2.17. The summed E-state index contributed by atoms with van der Waals surface area (Å²) in [5, 5.41) is 3.42. The lowest BCUT2D eigenvalue weighted by molar-refractivity contribution is 0.525. The van der Waals surface area contributed by atoms with Crippen molar-refractivity contribution in [1.29, 1.82) is 0 Å². The third-order valence-electron chi connectivity index (χ3n) is 2.34. The number of aromatic nitrogens is 2. The monoisotopic (exact) mass is 241 g/mol. The smallest absolute Gasteiger partial charge is 0.202 e. The van der Waals surface area contributed by atoms with Gasteiger partial charge in [-0.2, -0.15) is 11.8 Å². The van der Waals surface area contributed by atoms with E-state index in [0.717, 1.165) is 19.0 Å². The van der Waals surface area contributed by atoms with Crippen LogP contribution in [0.1, 0.15) is 20.8 Å². The highest BCUT2D eigenvalue weighted by Crippen LogP contribution is 2.10. The Balaban J connectivity index is 2.44. The van der Waals surface area contributed by atoms with Crippen LogP contribution in [-0.2, 0) is 6.54 Å². The molecule has 0 aliphatic heterocycles. The van der Waals surface area contributed by atoms with Gasteiger partial charge in [0.05, 0.1) is 0 Å². The Morgan fingerprint density at radius 3 is 2.81 bits per heavy atom. The van der Waals surface area contributed by atoms with Gasteiger partial charge in [-0.1, -0.05) is 20.8 Å². The average Bonchev–Trinajstić information content (AvgIpc) is 2.62. The van der Waals surface area contributed by atoms with Gasteiger partial charge in [-0.05, 0) is 23.8 Å². The molecule has 0 amide bonds. The van der Waals surface area contributed by atoms with Crippen LogP contribution in [0.25, 0.3) is 0 Å². The van der Waals surface area contributed by atoms with Crippen molar-refractivity contribution in [2.45, 2.75) is 27.3 Å². The molecule has 0 saturated carbocycles. The van der Waals surface area contributed by atoms with E-state index in [4.69, 9.17) is 0 Å². The molecular formula is C12H23N3S. The van der Waals surface area contributed by atoms with E-state index in [2.05, 4.69) is 41.9 Å². The fourth-order valence-corrected chi connectivity index (χ4v) is 2.31. The predicted octanol–water partition coefficient (Wildman–Crippen LogP) is 2.95. The molecule has 3 nitrogen and oxygen atoms in total. The Kier molecular flexibility index (Phi) is 5.74. The summed E-state index contributed by atoms with van der Waals surface area (Å²) in [5.74, 6) is 3.52. The van der Waals surface area contributed by atoms with Crippen LogP contribution in [0.4, 0.5) is 5.95 Å². The summed E-state index contributed by atoms with van der Waals surface area (Å²) in [7, 11) is 0. The lowest BCUT2D eigenvalue weighted by Gasteiger charge is -2.14. The van der Waals surface area contributed by atoms with E-state index < -0.39 is 0 Å². The molecule has 1 rings (SSSR count). The number of thioether (sulfide) groups is 1. The van der Waals surface area contributed by atoms with Crippen molar-refractivity contribution in [3.8, 4) is 0 Å². The van der Waals surface area contributed by atoms with Crippen molar-refractivity contribution in [1.82, 2.24) is 9.55 Å². The number of hydrogen-bond acceptors (Lipinski definition) is 3. The molecule has 1 aromatic rings. The number of rotatable bonds is 7. The number of nitrogens with zero attached hydrogens (tertiary/aromatic N) is 2. The fourth-order valence-electron chi connectivity index (χ4n) is 1.63. The highest BCUT2D eigenvalue weighted by molar-refractivity contribution is 7.98. The highest BCUT2D eigenvalue weighted by atomic mass is 32.2. The maximum Gasteiger partial charge on any atom is 0.202 e. The van der Waals surface area contributed by atoms with Crippen LogP contribution in [0.5, 0.6) is 0 Å². The van der Waals surface area contributed by atoms with Gasteiger partial charge in [0.25, 0.3) is 0 Å². The van der Waals surface area contributed by atoms with Crippen molar-refractivity contribution in [2.24, 2.45) is 11.8 Å². The Morgan fingerprint density at radius 1 is 1.44 bits per heavy atom. The SMILES string of the molecule is CSCC(C)CNc1nccn1CC(C)C. The van der Waals surface area contributed by atoms with E-state index in [1.807, 2.05) is 24.2 Å². The number of anilines is 1. The molecule has 1 aromatic heterocycles. The topological polar surface area (TPSA) is 29.9 Å². The zero-order valence-electron chi connectivity index (χ0n) is 10.7. The number of imidazole rings is 1. The van der Waals surface area contributed by atoms with Crippen LogP contribution in [0.2, 0.25) is 0 Å². The summed E-state index contributed by atoms with van der Waals surface area (Å²) in [6.45, 7) is 8.73. The maximum absolute atomic E-state index is 4.35. The molecule has 4 heteroatoms. The van der Waals surface area contributed by atoms with Crippen molar-refractivity contribution >= 4 is 17.7 Å². The van der Waals surface area contributed by atoms with Gasteiger partial charge in [-0.15, -0.1) is 0 Å². The molecule has 0 aliphatic rings. The zero-order chi connectivity index (χ0) is 12.0. The van der Waals surface area contributed by atoms with Crippen molar-refractivity contribution < 1.29 is 0 Å². The fraction of sp³-hybridized carbons (Fsp3) is 0.750. The maximum atomic E-state index is 4.35. The summed E-state index contributed by atoms with van der Waals surface area (Å²) in [6, 6.07) is 0. The molecule has 0 bridgehead atoms. The average molecular weight is 241 g/mol. The second-order valence-electron chi connectivity index (χ2n) is 4.74. The highest BCUT2D eigenvalue weighted by Gasteiger charge is 2.06. The molecule has 1 atom stereocenters. The van der Waals surface area contributed by atoms with E-state index in [1.54, 1.807) is 0 Å². The molecule has 92 valence electrons. The lowest BCUT2D eigenvalue weighted by atomic mass is 10.2. The molecule has 0 fully saturated rings. The third kappa shape index (κ3) is 4.47.